The van der Waals surface area contributed by atoms with Gasteiger partial charge in [-0.2, -0.15) is 0 Å². The molecule has 6 heteroatoms. The minimum atomic E-state index is -1.06. The van der Waals surface area contributed by atoms with Crippen LogP contribution < -0.4 is 0 Å². The van der Waals surface area contributed by atoms with E-state index in [2.05, 4.69) is 0 Å². The SMILES string of the molecule is CSc1cc(C(=O)N(CC(=O)O)CC(C)C)ccc1F. The van der Waals surface area contributed by atoms with Crippen LogP contribution in [-0.2, 0) is 4.79 Å². The lowest BCUT2D eigenvalue weighted by atomic mass is 10.1. The van der Waals surface area contributed by atoms with Crippen molar-refractivity contribution in [2.24, 2.45) is 5.92 Å². The van der Waals surface area contributed by atoms with Crippen LogP contribution in [0.5, 0.6) is 0 Å². The molecule has 0 fully saturated rings. The van der Waals surface area contributed by atoms with E-state index < -0.39 is 11.9 Å². The Kier molecular flexibility index (Phi) is 6.01. The first-order valence-corrected chi connectivity index (χ1v) is 7.42. The second kappa shape index (κ2) is 7.28. The van der Waals surface area contributed by atoms with Gasteiger partial charge in [-0.25, -0.2) is 4.39 Å². The third-order valence-corrected chi connectivity index (χ3v) is 3.35. The third-order valence-electron chi connectivity index (χ3n) is 2.60. The molecule has 0 spiro atoms. The molecule has 1 aromatic rings. The summed E-state index contributed by atoms with van der Waals surface area (Å²) in [5.74, 6) is -1.69. The average molecular weight is 299 g/mol. The molecule has 0 aliphatic rings. The van der Waals surface area contributed by atoms with Crippen molar-refractivity contribution in [1.82, 2.24) is 4.90 Å². The first-order chi connectivity index (χ1) is 9.35. The van der Waals surface area contributed by atoms with Crippen LogP contribution in [0.2, 0.25) is 0 Å². The van der Waals surface area contributed by atoms with Crippen LogP contribution in [0.25, 0.3) is 0 Å². The maximum absolute atomic E-state index is 13.4. The molecule has 0 unspecified atom stereocenters. The van der Waals surface area contributed by atoms with E-state index in [4.69, 9.17) is 5.11 Å². The molecule has 1 aromatic carbocycles. The summed E-state index contributed by atoms with van der Waals surface area (Å²) in [7, 11) is 0. The fourth-order valence-electron chi connectivity index (χ4n) is 1.80. The summed E-state index contributed by atoms with van der Waals surface area (Å²) in [6.07, 6.45) is 1.72. The minimum Gasteiger partial charge on any atom is -0.480 e. The molecular formula is C14H18FNO3S. The number of carboxylic acids is 1. The van der Waals surface area contributed by atoms with Gasteiger partial charge in [0.15, 0.2) is 0 Å². The fourth-order valence-corrected chi connectivity index (χ4v) is 2.31. The molecule has 0 atom stereocenters. The molecule has 0 radical (unpaired) electrons. The second-order valence-corrected chi connectivity index (χ2v) is 5.67. The van der Waals surface area contributed by atoms with Crippen LogP contribution in [-0.4, -0.2) is 41.2 Å². The second-order valence-electron chi connectivity index (χ2n) is 4.82. The van der Waals surface area contributed by atoms with Gasteiger partial charge < -0.3 is 10.0 Å². The lowest BCUT2D eigenvalue weighted by Crippen LogP contribution is -2.38. The van der Waals surface area contributed by atoms with Crippen molar-refractivity contribution in [2.45, 2.75) is 18.7 Å². The van der Waals surface area contributed by atoms with Gasteiger partial charge in [0.25, 0.3) is 5.91 Å². The molecule has 1 rings (SSSR count). The van der Waals surface area contributed by atoms with Crippen LogP contribution in [0.1, 0.15) is 24.2 Å². The van der Waals surface area contributed by atoms with E-state index in [9.17, 15) is 14.0 Å². The van der Waals surface area contributed by atoms with Crippen molar-refractivity contribution in [1.29, 1.82) is 0 Å². The van der Waals surface area contributed by atoms with E-state index >= 15 is 0 Å². The Hall–Kier alpha value is -1.56. The highest BCUT2D eigenvalue weighted by Crippen LogP contribution is 2.21. The number of carboxylic acid groups (broad SMARTS) is 1. The minimum absolute atomic E-state index is 0.152. The number of thioether (sulfide) groups is 1. The predicted molar refractivity (Wildman–Crippen MR) is 76.6 cm³/mol. The van der Waals surface area contributed by atoms with Gasteiger partial charge >= 0.3 is 5.97 Å². The zero-order valence-electron chi connectivity index (χ0n) is 11.7. The van der Waals surface area contributed by atoms with Gasteiger partial charge in [0.1, 0.15) is 12.4 Å². The molecule has 4 nitrogen and oxygen atoms in total. The number of benzene rings is 1. The van der Waals surface area contributed by atoms with Crippen molar-refractivity contribution in [3.05, 3.63) is 29.6 Å². The van der Waals surface area contributed by atoms with Crippen LogP contribution in [0.3, 0.4) is 0 Å². The normalized spacial score (nSPS) is 10.7. The number of hydrogen-bond donors (Lipinski definition) is 1. The maximum Gasteiger partial charge on any atom is 0.323 e. The molecule has 0 aromatic heterocycles. The smallest absolute Gasteiger partial charge is 0.323 e. The maximum atomic E-state index is 13.4. The quantitative estimate of drug-likeness (QED) is 0.821. The molecule has 1 N–H and O–H groups in total. The van der Waals surface area contributed by atoms with E-state index in [1.807, 2.05) is 13.8 Å². The van der Waals surface area contributed by atoms with Crippen molar-refractivity contribution < 1.29 is 19.1 Å². The van der Waals surface area contributed by atoms with Gasteiger partial charge in [0.05, 0.1) is 0 Å². The van der Waals surface area contributed by atoms with Crippen LogP contribution in [0.15, 0.2) is 23.1 Å². The summed E-state index contributed by atoms with van der Waals surface area (Å²) in [5, 5.41) is 8.88. The van der Waals surface area contributed by atoms with E-state index in [0.717, 1.165) is 0 Å². The zero-order chi connectivity index (χ0) is 15.3. The lowest BCUT2D eigenvalue weighted by Gasteiger charge is -2.23. The largest absolute Gasteiger partial charge is 0.480 e. The van der Waals surface area contributed by atoms with Gasteiger partial charge in [-0.3, -0.25) is 9.59 Å². The summed E-state index contributed by atoms with van der Waals surface area (Å²) in [6, 6.07) is 4.07. The van der Waals surface area contributed by atoms with Crippen molar-refractivity contribution in [2.75, 3.05) is 19.3 Å². The summed E-state index contributed by atoms with van der Waals surface area (Å²) in [4.78, 5) is 24.8. The molecular weight excluding hydrogens is 281 g/mol. The standard InChI is InChI=1S/C14H18FNO3S/c1-9(2)7-16(8-13(17)18)14(19)10-4-5-11(15)12(6-10)20-3/h4-6,9H,7-8H2,1-3H3,(H,17,18). The first-order valence-electron chi connectivity index (χ1n) is 6.19. The third kappa shape index (κ3) is 4.52. The average Bonchev–Trinajstić information content (AvgIpc) is 2.36. The van der Waals surface area contributed by atoms with Crippen LogP contribution in [0, 0.1) is 11.7 Å². The molecule has 20 heavy (non-hydrogen) atoms. The zero-order valence-corrected chi connectivity index (χ0v) is 12.5. The number of halogens is 1. The Bertz CT molecular complexity index is 505. The Labute approximate surface area is 122 Å². The monoisotopic (exact) mass is 299 g/mol. The van der Waals surface area contributed by atoms with Crippen LogP contribution in [0.4, 0.5) is 4.39 Å². The van der Waals surface area contributed by atoms with Crippen LogP contribution >= 0.6 is 11.8 Å². The molecule has 1 amide bonds. The Morgan fingerprint density at radius 1 is 1.40 bits per heavy atom. The first kappa shape index (κ1) is 16.5. The van der Waals surface area contributed by atoms with Crippen molar-refractivity contribution >= 4 is 23.6 Å². The van der Waals surface area contributed by atoms with Gasteiger partial charge in [0, 0.05) is 17.0 Å². The molecule has 0 bridgehead atoms. The Balaban J connectivity index is 3.01. The van der Waals surface area contributed by atoms with Crippen molar-refractivity contribution in [3.63, 3.8) is 0 Å². The fraction of sp³-hybridized carbons (Fsp3) is 0.429. The van der Waals surface area contributed by atoms with Crippen molar-refractivity contribution in [3.8, 4) is 0 Å². The molecule has 0 heterocycles. The van der Waals surface area contributed by atoms with Gasteiger partial charge in [-0.05, 0) is 30.4 Å². The number of aliphatic carboxylic acids is 1. The topological polar surface area (TPSA) is 57.6 Å². The summed E-state index contributed by atoms with van der Waals surface area (Å²) in [5.41, 5.74) is 0.303. The van der Waals surface area contributed by atoms with E-state index in [1.165, 1.54) is 34.9 Å². The summed E-state index contributed by atoms with van der Waals surface area (Å²) >= 11 is 1.20. The molecule has 110 valence electrons. The number of carbonyl (C=O) groups is 2. The molecule has 0 aliphatic heterocycles. The van der Waals surface area contributed by atoms with E-state index in [0.29, 0.717) is 17.0 Å². The number of nitrogens with zero attached hydrogens (tertiary/aromatic N) is 1. The molecule has 0 saturated heterocycles. The number of amides is 1. The predicted octanol–water partition coefficient (Wildman–Crippen LogP) is 2.73. The van der Waals surface area contributed by atoms with E-state index in [1.54, 1.807) is 6.26 Å². The Morgan fingerprint density at radius 2 is 2.05 bits per heavy atom. The highest BCUT2D eigenvalue weighted by atomic mass is 32.2. The number of rotatable bonds is 6. The van der Waals surface area contributed by atoms with Gasteiger partial charge in [-0.1, -0.05) is 13.8 Å². The number of carbonyl (C=O) groups excluding carboxylic acids is 1. The highest BCUT2D eigenvalue weighted by Gasteiger charge is 2.20. The number of hydrogen-bond acceptors (Lipinski definition) is 3. The summed E-state index contributed by atoms with van der Waals surface area (Å²) < 4.78 is 13.4. The highest BCUT2D eigenvalue weighted by molar-refractivity contribution is 7.98. The van der Waals surface area contributed by atoms with Gasteiger partial charge in [0.2, 0.25) is 0 Å². The Morgan fingerprint density at radius 3 is 2.55 bits per heavy atom. The summed E-state index contributed by atoms with van der Waals surface area (Å²) in [6.45, 7) is 3.79. The van der Waals surface area contributed by atoms with E-state index in [-0.39, 0.29) is 18.3 Å². The molecule has 0 aliphatic carbocycles. The lowest BCUT2D eigenvalue weighted by molar-refractivity contribution is -0.137. The van der Waals surface area contributed by atoms with Gasteiger partial charge in [-0.15, -0.1) is 11.8 Å². The molecule has 0 saturated carbocycles.